The number of fused-ring (bicyclic) bond motifs is 1. The van der Waals surface area contributed by atoms with E-state index in [0.29, 0.717) is 6.29 Å². The molecule has 0 fully saturated rings. The Balaban J connectivity index is 1.72. The number of guanidine groups is 1. The third kappa shape index (κ3) is 5.20. The molecule has 3 rings (SSSR count). The van der Waals surface area contributed by atoms with Crippen LogP contribution in [0.25, 0.3) is 16.3 Å². The molecule has 9 heteroatoms. The first kappa shape index (κ1) is 20.5. The zero-order chi connectivity index (χ0) is 20.9. The molecule has 0 aliphatic heterocycles. The van der Waals surface area contributed by atoms with Crippen LogP contribution in [0.5, 0.6) is 0 Å². The van der Waals surface area contributed by atoms with Gasteiger partial charge in [-0.1, -0.05) is 24.3 Å². The number of carbonyl (C=O) groups excluding carboxylic acids is 1. The van der Waals surface area contributed by atoms with E-state index in [1.165, 1.54) is 36.6 Å². The van der Waals surface area contributed by atoms with Crippen molar-refractivity contribution in [3.8, 4) is 0 Å². The Morgan fingerprint density at radius 1 is 1.24 bits per heavy atom. The highest BCUT2D eigenvalue weighted by molar-refractivity contribution is 7.16. The molecule has 0 amide bonds. The van der Waals surface area contributed by atoms with Gasteiger partial charge < -0.3 is 10.6 Å². The molecule has 0 bridgehead atoms. The normalized spacial score (nSPS) is 12.8. The first-order chi connectivity index (χ1) is 13.9. The summed E-state index contributed by atoms with van der Waals surface area (Å²) < 4.78 is 40.3. The number of aromatic nitrogens is 1. The highest BCUT2D eigenvalue weighted by Gasteiger charge is 2.32. The van der Waals surface area contributed by atoms with Gasteiger partial charge in [-0.2, -0.15) is 13.2 Å². The van der Waals surface area contributed by atoms with Gasteiger partial charge in [0, 0.05) is 13.6 Å². The lowest BCUT2D eigenvalue weighted by Gasteiger charge is -2.15. The minimum Gasteiger partial charge on any atom is -0.352 e. The average molecular weight is 418 g/mol. The lowest BCUT2D eigenvalue weighted by molar-refractivity contribution is -0.138. The summed E-state index contributed by atoms with van der Waals surface area (Å²) in [5, 5.41) is 5.62. The topological polar surface area (TPSA) is 66.4 Å². The number of aldehydes is 1. The van der Waals surface area contributed by atoms with E-state index in [4.69, 9.17) is 0 Å². The van der Waals surface area contributed by atoms with Crippen LogP contribution >= 0.6 is 11.3 Å². The summed E-state index contributed by atoms with van der Waals surface area (Å²) in [4.78, 5) is 19.6. The van der Waals surface area contributed by atoms with Gasteiger partial charge in [0.1, 0.15) is 0 Å². The minimum absolute atomic E-state index is 0.0789. The number of alkyl halides is 3. The summed E-state index contributed by atoms with van der Waals surface area (Å²) >= 11 is 1.49. The Hall–Kier alpha value is -3.20. The summed E-state index contributed by atoms with van der Waals surface area (Å²) in [5.74, 6) is 0.180. The molecule has 2 N–H and O–H groups in total. The van der Waals surface area contributed by atoms with Gasteiger partial charge in [-0.25, -0.2) is 4.98 Å². The van der Waals surface area contributed by atoms with Gasteiger partial charge in [0.05, 0.1) is 27.0 Å². The smallest absolute Gasteiger partial charge is 0.352 e. The fourth-order valence-corrected chi connectivity index (χ4v) is 3.41. The monoisotopic (exact) mass is 418 g/mol. The fraction of sp³-hybridized carbons (Fsp3) is 0.150. The Morgan fingerprint density at radius 2 is 2.03 bits per heavy atom. The number of nitrogens with zero attached hydrogens (tertiary/aromatic N) is 2. The van der Waals surface area contributed by atoms with Crippen molar-refractivity contribution in [2.24, 2.45) is 4.99 Å². The number of hydrogen-bond acceptors (Lipinski definition) is 4. The maximum absolute atomic E-state index is 13.1. The predicted octanol–water partition coefficient (Wildman–Crippen LogP) is 4.22. The van der Waals surface area contributed by atoms with E-state index in [1.54, 1.807) is 11.6 Å². The van der Waals surface area contributed by atoms with Crippen molar-refractivity contribution in [3.05, 3.63) is 70.4 Å². The van der Waals surface area contributed by atoms with Gasteiger partial charge in [-0.15, -0.1) is 11.3 Å². The van der Waals surface area contributed by atoms with Crippen LogP contribution in [0.15, 0.2) is 58.7 Å². The van der Waals surface area contributed by atoms with Crippen LogP contribution in [0.1, 0.15) is 16.7 Å². The first-order valence-corrected chi connectivity index (χ1v) is 9.41. The van der Waals surface area contributed by atoms with Gasteiger partial charge in [-0.05, 0) is 35.4 Å². The minimum atomic E-state index is -4.45. The molecule has 0 saturated heterocycles. The number of aliphatic imine (C=N–C) groups is 1. The number of halogens is 3. The number of allylic oxidation sites excluding steroid dienone is 1. The summed E-state index contributed by atoms with van der Waals surface area (Å²) in [6, 6.07) is 10.9. The molecule has 150 valence electrons. The van der Waals surface area contributed by atoms with Gasteiger partial charge in [0.15, 0.2) is 12.2 Å². The number of carbonyl (C=O) groups is 1. The van der Waals surface area contributed by atoms with E-state index in [9.17, 15) is 18.0 Å². The van der Waals surface area contributed by atoms with Crippen LogP contribution in [0, 0.1) is 0 Å². The highest BCUT2D eigenvalue weighted by Crippen LogP contribution is 2.31. The summed E-state index contributed by atoms with van der Waals surface area (Å²) in [5.41, 5.74) is 2.97. The Labute approximate surface area is 169 Å². The maximum atomic E-state index is 13.1. The SMILES string of the molecule is CN=C(NCc1ccccc1C(F)(F)F)N/C(C=O)=C\c1ccc2ncsc2c1. The van der Waals surface area contributed by atoms with E-state index in [2.05, 4.69) is 20.6 Å². The molecule has 2 aromatic carbocycles. The van der Waals surface area contributed by atoms with Crippen molar-refractivity contribution in [2.75, 3.05) is 7.05 Å². The van der Waals surface area contributed by atoms with Crippen molar-refractivity contribution >= 4 is 39.9 Å². The van der Waals surface area contributed by atoms with Crippen LogP contribution in [-0.4, -0.2) is 24.3 Å². The molecule has 1 aromatic heterocycles. The number of hydrogen-bond donors (Lipinski definition) is 2. The second-order valence-corrected chi connectivity index (χ2v) is 6.89. The first-order valence-electron chi connectivity index (χ1n) is 8.53. The number of benzene rings is 2. The third-order valence-electron chi connectivity index (χ3n) is 4.06. The number of nitrogens with one attached hydrogen (secondary N) is 2. The quantitative estimate of drug-likeness (QED) is 0.282. The number of rotatable bonds is 5. The second-order valence-electron chi connectivity index (χ2n) is 6.00. The van der Waals surface area contributed by atoms with Gasteiger partial charge in [-0.3, -0.25) is 9.79 Å². The van der Waals surface area contributed by atoms with E-state index in [0.717, 1.165) is 21.8 Å². The molecule has 0 aliphatic rings. The zero-order valence-electron chi connectivity index (χ0n) is 15.3. The molecule has 0 aliphatic carbocycles. The zero-order valence-corrected chi connectivity index (χ0v) is 16.1. The summed E-state index contributed by atoms with van der Waals surface area (Å²) in [7, 11) is 1.47. The van der Waals surface area contributed by atoms with Gasteiger partial charge in [0.25, 0.3) is 0 Å². The van der Waals surface area contributed by atoms with Crippen LogP contribution in [-0.2, 0) is 17.5 Å². The Morgan fingerprint density at radius 3 is 2.76 bits per heavy atom. The summed E-state index contributed by atoms with van der Waals surface area (Å²) in [6.45, 7) is -0.103. The van der Waals surface area contributed by atoms with Crippen LogP contribution in [0.2, 0.25) is 0 Å². The van der Waals surface area contributed by atoms with Crippen molar-refractivity contribution < 1.29 is 18.0 Å². The van der Waals surface area contributed by atoms with Crippen LogP contribution in [0.4, 0.5) is 13.2 Å². The lowest BCUT2D eigenvalue weighted by Crippen LogP contribution is -2.37. The van der Waals surface area contributed by atoms with Crippen LogP contribution < -0.4 is 10.6 Å². The number of thiazole rings is 1. The van der Waals surface area contributed by atoms with E-state index >= 15 is 0 Å². The van der Waals surface area contributed by atoms with Crippen molar-refractivity contribution in [1.82, 2.24) is 15.6 Å². The molecule has 0 radical (unpaired) electrons. The molecule has 0 unspecified atom stereocenters. The average Bonchev–Trinajstić information content (AvgIpc) is 3.17. The molecule has 0 atom stereocenters. The lowest BCUT2D eigenvalue weighted by atomic mass is 10.1. The predicted molar refractivity (Wildman–Crippen MR) is 108 cm³/mol. The van der Waals surface area contributed by atoms with Gasteiger partial charge in [0.2, 0.25) is 0 Å². The largest absolute Gasteiger partial charge is 0.416 e. The summed E-state index contributed by atoms with van der Waals surface area (Å²) in [6.07, 6.45) is -2.20. The third-order valence-corrected chi connectivity index (χ3v) is 4.85. The van der Waals surface area contributed by atoms with Crippen molar-refractivity contribution in [3.63, 3.8) is 0 Å². The Bertz CT molecular complexity index is 1070. The second kappa shape index (κ2) is 8.87. The molecule has 5 nitrogen and oxygen atoms in total. The molecule has 29 heavy (non-hydrogen) atoms. The molecule has 1 heterocycles. The van der Waals surface area contributed by atoms with Crippen molar-refractivity contribution in [2.45, 2.75) is 12.7 Å². The molecular formula is C20H17F3N4OS. The highest BCUT2D eigenvalue weighted by atomic mass is 32.1. The molecule has 0 spiro atoms. The molecule has 0 saturated carbocycles. The molecular weight excluding hydrogens is 401 g/mol. The fourth-order valence-electron chi connectivity index (χ4n) is 2.69. The maximum Gasteiger partial charge on any atom is 0.416 e. The van der Waals surface area contributed by atoms with E-state index in [-0.39, 0.29) is 23.8 Å². The van der Waals surface area contributed by atoms with E-state index < -0.39 is 11.7 Å². The van der Waals surface area contributed by atoms with Crippen molar-refractivity contribution in [1.29, 1.82) is 0 Å². The van der Waals surface area contributed by atoms with E-state index in [1.807, 2.05) is 18.2 Å². The van der Waals surface area contributed by atoms with Crippen LogP contribution in [0.3, 0.4) is 0 Å². The Kier molecular flexibility index (Phi) is 6.28. The standard InChI is InChI=1S/C20H17F3N4OS/c1-24-19(25-10-14-4-2-3-5-16(14)20(21,22)23)27-15(11-28)8-13-6-7-17-18(9-13)29-12-26-17/h2-9,11-12H,10H2,1H3,(H2,24,25,27)/b15-8-. The molecule has 3 aromatic rings. The van der Waals surface area contributed by atoms with Gasteiger partial charge >= 0.3 is 6.18 Å².